The molecule has 0 spiro atoms. The van der Waals surface area contributed by atoms with Gasteiger partial charge in [-0.15, -0.1) is 0 Å². The number of esters is 4. The van der Waals surface area contributed by atoms with Crippen LogP contribution in [-0.4, -0.2) is 96.7 Å². The van der Waals surface area contributed by atoms with Crippen LogP contribution >= 0.6 is 15.6 Å². The third-order valence-electron chi connectivity index (χ3n) is 16.9. The van der Waals surface area contributed by atoms with Gasteiger partial charge in [0.25, 0.3) is 0 Å². The van der Waals surface area contributed by atoms with Crippen molar-refractivity contribution >= 4 is 39.5 Å². The lowest BCUT2D eigenvalue weighted by Crippen LogP contribution is -2.30. The first-order valence-corrected chi connectivity index (χ1v) is 40.8. The van der Waals surface area contributed by atoms with Crippen molar-refractivity contribution in [3.8, 4) is 0 Å². The van der Waals surface area contributed by atoms with E-state index in [2.05, 4.69) is 65.8 Å². The van der Waals surface area contributed by atoms with E-state index in [9.17, 15) is 43.2 Å². The smallest absolute Gasteiger partial charge is 0.462 e. The molecular weight excluding hydrogens is 1220 g/mol. The molecule has 3 N–H and O–H groups in total. The van der Waals surface area contributed by atoms with Crippen molar-refractivity contribution in [3.63, 3.8) is 0 Å². The van der Waals surface area contributed by atoms with E-state index in [1.165, 1.54) is 148 Å². The summed E-state index contributed by atoms with van der Waals surface area (Å²) in [5.74, 6) is -0.635. The molecule has 0 aliphatic carbocycles. The van der Waals surface area contributed by atoms with Gasteiger partial charge >= 0.3 is 39.5 Å². The van der Waals surface area contributed by atoms with Crippen molar-refractivity contribution in [3.05, 3.63) is 24.3 Å². The molecule has 19 heteroatoms. The van der Waals surface area contributed by atoms with Crippen LogP contribution in [-0.2, 0) is 65.4 Å². The van der Waals surface area contributed by atoms with Gasteiger partial charge in [0.2, 0.25) is 0 Å². The molecule has 17 nitrogen and oxygen atoms in total. The van der Waals surface area contributed by atoms with E-state index < -0.39 is 97.5 Å². The Morgan fingerprint density at radius 1 is 0.355 bits per heavy atom. The third kappa shape index (κ3) is 66.6. The number of aliphatic hydroxyl groups excluding tert-OH is 1. The lowest BCUT2D eigenvalue weighted by atomic mass is 10.00. The molecule has 0 bridgehead atoms. The van der Waals surface area contributed by atoms with Crippen molar-refractivity contribution in [1.29, 1.82) is 0 Å². The molecule has 0 aromatic carbocycles. The summed E-state index contributed by atoms with van der Waals surface area (Å²) >= 11 is 0. The van der Waals surface area contributed by atoms with Crippen LogP contribution in [0.5, 0.6) is 0 Å². The van der Waals surface area contributed by atoms with Gasteiger partial charge in [-0.05, 0) is 63.2 Å². The van der Waals surface area contributed by atoms with Crippen LogP contribution in [0.3, 0.4) is 0 Å². The topological polar surface area (TPSA) is 237 Å². The molecule has 0 radical (unpaired) electrons. The highest BCUT2D eigenvalue weighted by atomic mass is 31.2. The number of hydrogen-bond donors (Lipinski definition) is 3. The number of phosphoric acid groups is 2. The van der Waals surface area contributed by atoms with Crippen molar-refractivity contribution in [1.82, 2.24) is 0 Å². The van der Waals surface area contributed by atoms with Gasteiger partial charge in [0.15, 0.2) is 12.2 Å². The number of aliphatic hydroxyl groups is 1. The zero-order valence-corrected chi connectivity index (χ0v) is 61.8. The van der Waals surface area contributed by atoms with E-state index >= 15 is 0 Å². The van der Waals surface area contributed by atoms with E-state index in [0.29, 0.717) is 25.7 Å². The summed E-state index contributed by atoms with van der Waals surface area (Å²) < 4.78 is 68.4. The molecule has 6 atom stereocenters. The standard InChI is InChI=1S/C74H140O17P2/c1-7-10-12-14-16-18-20-22-23-26-30-33-37-44-50-56-71(76)84-62-69(90-74(79)59-53-47-39-35-31-27-24-25-28-32-36-42-48-54-66(4)5)64-88-92(80,81)86-60-68(75)61-87-93(82,83)89-65-70(63-85-72(77)57-51-45-41-40-43-49-55-67(6)9-3)91-73(78)58-52-46-38-34-29-21-19-17-15-13-11-8-2/h18,20,22-23,66-70,75H,7-17,19,21,24-65H2,1-6H3,(H,80,81)(H,82,83)/b20-18-,23-22-/t67?,68-,69-,70-/m1/s1. The molecule has 0 aliphatic heterocycles. The maximum atomic E-state index is 13.1. The van der Waals surface area contributed by atoms with Crippen molar-refractivity contribution < 1.29 is 80.2 Å². The van der Waals surface area contributed by atoms with Crippen molar-refractivity contribution in [2.75, 3.05) is 39.6 Å². The van der Waals surface area contributed by atoms with Gasteiger partial charge in [0.05, 0.1) is 26.4 Å². The SMILES string of the molecule is CCCCCC/C=C\C=C/CCCCCCCC(=O)OC[C@H](COP(=O)(O)OC[C@@H](O)COP(=O)(O)OC[C@@H](COC(=O)CCCCCCCCC(C)CC)OC(=O)CCCCCCCCCCCCCC)OC(=O)CCCCCCCCCCCCCCCC(C)C. The van der Waals surface area contributed by atoms with E-state index in [1.807, 2.05) is 0 Å². The Morgan fingerprint density at radius 2 is 0.634 bits per heavy atom. The molecule has 0 fully saturated rings. The Labute approximate surface area is 567 Å². The zero-order valence-electron chi connectivity index (χ0n) is 60.0. The van der Waals surface area contributed by atoms with Crippen LogP contribution in [0.1, 0.15) is 356 Å². The minimum absolute atomic E-state index is 0.100. The summed E-state index contributed by atoms with van der Waals surface area (Å²) in [4.78, 5) is 72.7. The highest BCUT2D eigenvalue weighted by molar-refractivity contribution is 7.47. The Bertz CT molecular complexity index is 1900. The third-order valence-corrected chi connectivity index (χ3v) is 18.8. The largest absolute Gasteiger partial charge is 0.472 e. The van der Waals surface area contributed by atoms with E-state index in [4.69, 9.17) is 37.0 Å². The number of phosphoric ester groups is 2. The van der Waals surface area contributed by atoms with Gasteiger partial charge in [-0.25, -0.2) is 9.13 Å². The lowest BCUT2D eigenvalue weighted by molar-refractivity contribution is -0.161. The molecule has 0 rings (SSSR count). The summed E-state index contributed by atoms with van der Waals surface area (Å²) in [6.45, 7) is 9.49. The Hall–Kier alpha value is -2.46. The number of unbranched alkanes of at least 4 members (excludes halogenated alkanes) is 37. The lowest BCUT2D eigenvalue weighted by Gasteiger charge is -2.21. The predicted octanol–water partition coefficient (Wildman–Crippen LogP) is 21.1. The fourth-order valence-electron chi connectivity index (χ4n) is 10.7. The summed E-state index contributed by atoms with van der Waals surface area (Å²) in [5.41, 5.74) is 0. The van der Waals surface area contributed by atoms with Crippen LogP contribution in [0.15, 0.2) is 24.3 Å². The van der Waals surface area contributed by atoms with Gasteiger partial charge in [0.1, 0.15) is 19.3 Å². The molecule has 0 aliphatic rings. The van der Waals surface area contributed by atoms with Gasteiger partial charge in [-0.3, -0.25) is 37.3 Å². The quantitative estimate of drug-likeness (QED) is 0.0169. The number of hydrogen-bond acceptors (Lipinski definition) is 15. The highest BCUT2D eigenvalue weighted by Gasteiger charge is 2.30. The van der Waals surface area contributed by atoms with E-state index in [-0.39, 0.29) is 25.7 Å². The fraction of sp³-hybridized carbons (Fsp3) is 0.892. The van der Waals surface area contributed by atoms with Gasteiger partial charge in [-0.1, -0.05) is 303 Å². The Balaban J connectivity index is 5.29. The molecule has 0 saturated carbocycles. The molecule has 0 aromatic rings. The van der Waals surface area contributed by atoms with Gasteiger partial charge < -0.3 is 33.8 Å². The maximum Gasteiger partial charge on any atom is 0.472 e. The van der Waals surface area contributed by atoms with Gasteiger partial charge in [-0.2, -0.15) is 0 Å². The fourth-order valence-corrected chi connectivity index (χ4v) is 12.3. The second kappa shape index (κ2) is 65.5. The van der Waals surface area contributed by atoms with Crippen LogP contribution in [0.2, 0.25) is 0 Å². The van der Waals surface area contributed by atoms with Gasteiger partial charge in [0, 0.05) is 25.7 Å². The van der Waals surface area contributed by atoms with E-state index in [1.54, 1.807) is 0 Å². The molecule has 0 amide bonds. The normalized spacial score (nSPS) is 14.5. The number of rotatable bonds is 71. The Kier molecular flexibility index (Phi) is 63.7. The number of carbonyl (C=O) groups is 4. The first-order chi connectivity index (χ1) is 44.9. The average Bonchev–Trinajstić information content (AvgIpc) is 2.30. The minimum atomic E-state index is -4.96. The molecule has 548 valence electrons. The van der Waals surface area contributed by atoms with Crippen LogP contribution in [0.4, 0.5) is 0 Å². The van der Waals surface area contributed by atoms with Crippen LogP contribution in [0.25, 0.3) is 0 Å². The molecule has 0 saturated heterocycles. The number of carbonyl (C=O) groups excluding carboxylic acids is 4. The summed E-state index contributed by atoms with van der Waals surface area (Å²) in [6.07, 6.45) is 54.8. The Morgan fingerprint density at radius 3 is 0.968 bits per heavy atom. The monoisotopic (exact) mass is 1360 g/mol. The zero-order chi connectivity index (χ0) is 68.6. The minimum Gasteiger partial charge on any atom is -0.462 e. The first-order valence-electron chi connectivity index (χ1n) is 37.8. The van der Waals surface area contributed by atoms with Crippen LogP contribution in [0, 0.1) is 11.8 Å². The molecular formula is C74H140O17P2. The second-order valence-corrected chi connectivity index (χ2v) is 29.6. The number of ether oxygens (including phenoxy) is 4. The summed E-state index contributed by atoms with van der Waals surface area (Å²) in [7, 11) is -9.92. The first kappa shape index (κ1) is 90.5. The summed E-state index contributed by atoms with van der Waals surface area (Å²) in [5, 5.41) is 10.6. The van der Waals surface area contributed by atoms with Crippen molar-refractivity contribution in [2.24, 2.45) is 11.8 Å². The van der Waals surface area contributed by atoms with Crippen LogP contribution < -0.4 is 0 Å². The highest BCUT2D eigenvalue weighted by Crippen LogP contribution is 2.45. The van der Waals surface area contributed by atoms with E-state index in [0.717, 1.165) is 127 Å². The summed E-state index contributed by atoms with van der Waals surface area (Å²) in [6, 6.07) is 0. The van der Waals surface area contributed by atoms with Crippen molar-refractivity contribution in [2.45, 2.75) is 374 Å². The molecule has 0 aromatic heterocycles. The maximum absolute atomic E-state index is 13.1. The average molecular weight is 1360 g/mol. The second-order valence-electron chi connectivity index (χ2n) is 26.7. The number of allylic oxidation sites excluding steroid dienone is 4. The molecule has 93 heavy (non-hydrogen) atoms. The predicted molar refractivity (Wildman–Crippen MR) is 377 cm³/mol. The molecule has 3 unspecified atom stereocenters. The molecule has 0 heterocycles.